The summed E-state index contributed by atoms with van der Waals surface area (Å²) < 4.78 is 21.6. The third-order valence-corrected chi connectivity index (χ3v) is 4.40. The zero-order chi connectivity index (χ0) is 17.6. The maximum absolute atomic E-state index is 5.61. The molecule has 24 heavy (non-hydrogen) atoms. The van der Waals surface area contributed by atoms with Crippen LogP contribution in [0.5, 0.6) is 11.5 Å². The molecule has 0 N–H and O–H groups in total. The average Bonchev–Trinajstić information content (AvgIpc) is 2.61. The Morgan fingerprint density at radius 3 is 2.62 bits per heavy atom. The highest BCUT2D eigenvalue weighted by atomic mass is 16.7. The molecule has 0 fully saturated rings. The molecule has 132 valence electrons. The Hall–Kier alpha value is -2.14. The molecular weight excluding hydrogens is 306 g/mol. The van der Waals surface area contributed by atoms with Crippen LogP contribution in [0.2, 0.25) is 0 Å². The molecule has 0 aromatic heterocycles. The summed E-state index contributed by atoms with van der Waals surface area (Å²) in [7, 11) is 7.03. The molecule has 1 atom stereocenters. The first-order valence-corrected chi connectivity index (χ1v) is 7.96. The molecule has 0 bridgehead atoms. The van der Waals surface area contributed by atoms with E-state index in [0.717, 1.165) is 30.0 Å². The van der Waals surface area contributed by atoms with E-state index >= 15 is 0 Å². The first-order chi connectivity index (χ1) is 11.5. The van der Waals surface area contributed by atoms with E-state index in [2.05, 4.69) is 30.8 Å². The molecule has 1 aromatic carbocycles. The van der Waals surface area contributed by atoms with Crippen LogP contribution < -0.4 is 9.47 Å². The summed E-state index contributed by atoms with van der Waals surface area (Å²) in [6, 6.07) is 5.89. The van der Waals surface area contributed by atoms with Crippen molar-refractivity contribution in [2.45, 2.75) is 18.3 Å². The molecule has 0 saturated heterocycles. The highest BCUT2D eigenvalue weighted by Gasteiger charge is 2.36. The van der Waals surface area contributed by atoms with Gasteiger partial charge >= 0.3 is 0 Å². The maximum Gasteiger partial charge on any atom is 0.188 e. The van der Waals surface area contributed by atoms with Gasteiger partial charge in [0.1, 0.15) is 11.5 Å². The summed E-state index contributed by atoms with van der Waals surface area (Å²) in [5, 5.41) is 0. The van der Waals surface area contributed by atoms with Gasteiger partial charge in [0.2, 0.25) is 0 Å². The smallest absolute Gasteiger partial charge is 0.188 e. The number of hydrogen-bond acceptors (Lipinski definition) is 5. The third-order valence-electron chi connectivity index (χ3n) is 4.40. The normalized spacial score (nSPS) is 19.9. The van der Waals surface area contributed by atoms with Gasteiger partial charge in [0, 0.05) is 38.1 Å². The summed E-state index contributed by atoms with van der Waals surface area (Å²) in [6.07, 6.45) is 5.89. The minimum Gasteiger partial charge on any atom is -0.497 e. The summed E-state index contributed by atoms with van der Waals surface area (Å²) in [6.45, 7) is 5.19. The number of hydrogen-bond donors (Lipinski definition) is 0. The number of rotatable bonds is 8. The van der Waals surface area contributed by atoms with Crippen LogP contribution in [-0.2, 0) is 14.9 Å². The SMILES string of the molecule is C=C(C[C@]1(c2cc(OC)ccc2OC)C=CN(C)CC1)OCOC. The molecule has 0 radical (unpaired) electrons. The topological polar surface area (TPSA) is 40.2 Å². The number of allylic oxidation sites excluding steroid dienone is 2. The van der Waals surface area contributed by atoms with E-state index in [1.807, 2.05) is 18.2 Å². The van der Waals surface area contributed by atoms with Gasteiger partial charge < -0.3 is 23.8 Å². The zero-order valence-electron chi connectivity index (χ0n) is 15.0. The van der Waals surface area contributed by atoms with E-state index in [4.69, 9.17) is 18.9 Å². The second kappa shape index (κ2) is 8.11. The third kappa shape index (κ3) is 4.03. The Bertz CT molecular complexity index is 599. The fraction of sp³-hybridized carbons (Fsp3) is 0.474. The molecule has 1 heterocycles. The molecule has 0 unspecified atom stereocenters. The van der Waals surface area contributed by atoms with Crippen molar-refractivity contribution in [1.29, 1.82) is 0 Å². The Balaban J connectivity index is 2.43. The van der Waals surface area contributed by atoms with Gasteiger partial charge in [0.25, 0.3) is 0 Å². The van der Waals surface area contributed by atoms with Crippen LogP contribution in [0.25, 0.3) is 0 Å². The van der Waals surface area contributed by atoms with Crippen molar-refractivity contribution in [3.63, 3.8) is 0 Å². The first-order valence-electron chi connectivity index (χ1n) is 7.96. The van der Waals surface area contributed by atoms with Gasteiger partial charge in [0.05, 0.1) is 20.0 Å². The van der Waals surface area contributed by atoms with Gasteiger partial charge in [-0.3, -0.25) is 0 Å². The van der Waals surface area contributed by atoms with E-state index in [1.165, 1.54) is 0 Å². The summed E-state index contributed by atoms with van der Waals surface area (Å²) in [5.74, 6) is 2.33. The van der Waals surface area contributed by atoms with Crippen LogP contribution in [0.3, 0.4) is 0 Å². The van der Waals surface area contributed by atoms with Gasteiger partial charge in [-0.1, -0.05) is 12.7 Å². The Morgan fingerprint density at radius 2 is 2.04 bits per heavy atom. The second-order valence-corrected chi connectivity index (χ2v) is 6.04. The predicted octanol–water partition coefficient (Wildman–Crippen LogP) is 3.32. The number of nitrogens with zero attached hydrogens (tertiary/aromatic N) is 1. The Kier molecular flexibility index (Phi) is 6.15. The summed E-state index contributed by atoms with van der Waals surface area (Å²) in [4.78, 5) is 2.17. The van der Waals surface area contributed by atoms with Crippen molar-refractivity contribution in [3.8, 4) is 11.5 Å². The van der Waals surface area contributed by atoms with Crippen LogP contribution >= 0.6 is 0 Å². The van der Waals surface area contributed by atoms with E-state index in [1.54, 1.807) is 21.3 Å². The van der Waals surface area contributed by atoms with Crippen LogP contribution in [0.4, 0.5) is 0 Å². The number of ether oxygens (including phenoxy) is 4. The molecule has 5 nitrogen and oxygen atoms in total. The van der Waals surface area contributed by atoms with Crippen LogP contribution in [0.15, 0.2) is 42.8 Å². The van der Waals surface area contributed by atoms with Gasteiger partial charge in [-0.2, -0.15) is 0 Å². The fourth-order valence-corrected chi connectivity index (χ4v) is 3.02. The Morgan fingerprint density at radius 1 is 1.25 bits per heavy atom. The second-order valence-electron chi connectivity index (χ2n) is 6.04. The summed E-state index contributed by atoms with van der Waals surface area (Å²) >= 11 is 0. The monoisotopic (exact) mass is 333 g/mol. The minimum absolute atomic E-state index is 0.202. The van der Waals surface area contributed by atoms with Crippen LogP contribution in [0.1, 0.15) is 18.4 Å². The Labute approximate surface area is 144 Å². The fourth-order valence-electron chi connectivity index (χ4n) is 3.02. The van der Waals surface area contributed by atoms with Crippen molar-refractivity contribution in [3.05, 3.63) is 48.4 Å². The van der Waals surface area contributed by atoms with Crippen molar-refractivity contribution in [2.24, 2.45) is 0 Å². The lowest BCUT2D eigenvalue weighted by Gasteiger charge is -2.38. The van der Waals surface area contributed by atoms with Gasteiger partial charge in [0.15, 0.2) is 6.79 Å². The van der Waals surface area contributed by atoms with E-state index < -0.39 is 0 Å². The largest absolute Gasteiger partial charge is 0.497 e. The lowest BCUT2D eigenvalue weighted by Crippen LogP contribution is -2.34. The predicted molar refractivity (Wildman–Crippen MR) is 94.3 cm³/mol. The van der Waals surface area contributed by atoms with Crippen LogP contribution in [-0.4, -0.2) is 46.6 Å². The molecule has 0 spiro atoms. The highest BCUT2D eigenvalue weighted by molar-refractivity contribution is 5.48. The zero-order valence-corrected chi connectivity index (χ0v) is 15.0. The number of methoxy groups -OCH3 is 3. The lowest BCUT2D eigenvalue weighted by molar-refractivity contribution is 0.000250. The number of benzene rings is 1. The minimum atomic E-state index is -0.253. The molecule has 1 aliphatic rings. The molecular formula is C19H27NO4. The maximum atomic E-state index is 5.61. The van der Waals surface area contributed by atoms with Gasteiger partial charge in [-0.05, 0) is 30.8 Å². The van der Waals surface area contributed by atoms with Crippen molar-refractivity contribution in [2.75, 3.05) is 41.7 Å². The molecule has 1 aromatic rings. The molecule has 0 saturated carbocycles. The molecule has 0 amide bonds. The van der Waals surface area contributed by atoms with Gasteiger partial charge in [-0.25, -0.2) is 0 Å². The van der Waals surface area contributed by atoms with Crippen molar-refractivity contribution in [1.82, 2.24) is 4.90 Å². The van der Waals surface area contributed by atoms with Gasteiger partial charge in [-0.15, -0.1) is 0 Å². The molecule has 2 rings (SSSR count). The average molecular weight is 333 g/mol. The summed E-state index contributed by atoms with van der Waals surface area (Å²) in [5.41, 5.74) is 0.827. The van der Waals surface area contributed by atoms with Crippen molar-refractivity contribution < 1.29 is 18.9 Å². The lowest BCUT2D eigenvalue weighted by atomic mass is 9.72. The van der Waals surface area contributed by atoms with E-state index in [9.17, 15) is 0 Å². The van der Waals surface area contributed by atoms with E-state index in [-0.39, 0.29) is 12.2 Å². The first kappa shape index (κ1) is 18.2. The standard InChI is InChI=1S/C19H27NO4/c1-15(24-14-21-3)13-19(8-10-20(2)11-9-19)17-12-16(22-4)6-7-18(17)23-5/h6-8,10,12H,1,9,11,13-14H2,2-5H3/t19-/m0/s1. The highest BCUT2D eigenvalue weighted by Crippen LogP contribution is 2.44. The molecule has 5 heteroatoms. The van der Waals surface area contributed by atoms with E-state index in [0.29, 0.717) is 12.2 Å². The van der Waals surface area contributed by atoms with Crippen molar-refractivity contribution >= 4 is 0 Å². The quantitative estimate of drug-likeness (QED) is 0.539. The molecule has 0 aliphatic carbocycles. The molecule has 1 aliphatic heterocycles. The van der Waals surface area contributed by atoms with Crippen LogP contribution in [0, 0.1) is 0 Å².